The van der Waals surface area contributed by atoms with E-state index in [-0.39, 0.29) is 17.4 Å². The zero-order valence-electron chi connectivity index (χ0n) is 16.3. The summed E-state index contributed by atoms with van der Waals surface area (Å²) in [5.74, 6) is 0.689. The minimum atomic E-state index is -0.271. The van der Waals surface area contributed by atoms with Crippen LogP contribution in [0, 0.1) is 5.82 Å². The van der Waals surface area contributed by atoms with E-state index in [0.717, 1.165) is 26.2 Å². The highest BCUT2D eigenvalue weighted by molar-refractivity contribution is 7.99. The van der Waals surface area contributed by atoms with Gasteiger partial charge in [0.25, 0.3) is 5.91 Å². The minimum Gasteiger partial charge on any atom is -0.447 e. The van der Waals surface area contributed by atoms with Gasteiger partial charge in [-0.15, -0.1) is 0 Å². The molecule has 0 unspecified atom stereocenters. The van der Waals surface area contributed by atoms with E-state index in [1.807, 2.05) is 11.0 Å². The molecule has 1 aliphatic heterocycles. The number of oxazole rings is 1. The van der Waals surface area contributed by atoms with Gasteiger partial charge in [-0.1, -0.05) is 23.9 Å². The zero-order chi connectivity index (χ0) is 20.8. The smallest absolute Gasteiger partial charge is 0.273 e. The number of rotatable bonds is 8. The van der Waals surface area contributed by atoms with Gasteiger partial charge in [0.2, 0.25) is 5.89 Å². The minimum absolute atomic E-state index is 0.200. The molecule has 0 radical (unpaired) electrons. The number of carbonyl (C=O) groups is 1. The van der Waals surface area contributed by atoms with Gasteiger partial charge in [0.1, 0.15) is 18.4 Å². The molecule has 1 fully saturated rings. The van der Waals surface area contributed by atoms with Crippen LogP contribution >= 0.6 is 11.8 Å². The molecule has 4 rings (SSSR count). The van der Waals surface area contributed by atoms with E-state index in [9.17, 15) is 9.18 Å². The number of nitrogens with zero attached hydrogens (tertiary/aromatic N) is 5. The number of H-pyrrole nitrogens is 1. The maximum absolute atomic E-state index is 14.0. The van der Waals surface area contributed by atoms with Crippen molar-refractivity contribution in [2.75, 3.05) is 43.4 Å². The number of aromatic amines is 1. The molecule has 1 aliphatic rings. The Morgan fingerprint density at radius 3 is 2.87 bits per heavy atom. The molecule has 158 valence electrons. The Morgan fingerprint density at radius 2 is 2.10 bits per heavy atom. The molecular weight excluding hydrogens is 409 g/mol. The second-order valence-corrected chi connectivity index (χ2v) is 7.82. The maximum atomic E-state index is 14.0. The van der Waals surface area contributed by atoms with Crippen LogP contribution in [0.1, 0.15) is 16.4 Å². The van der Waals surface area contributed by atoms with E-state index in [1.165, 1.54) is 30.4 Å². The summed E-state index contributed by atoms with van der Waals surface area (Å²) >= 11 is 1.47. The molecule has 2 aromatic heterocycles. The number of anilines is 1. The van der Waals surface area contributed by atoms with Crippen LogP contribution in [0.4, 0.5) is 10.1 Å². The number of halogens is 1. The predicted octanol–water partition coefficient (Wildman–Crippen LogP) is 1.78. The van der Waals surface area contributed by atoms with Crippen molar-refractivity contribution in [3.05, 3.63) is 54.3 Å². The number of aromatic nitrogens is 4. The molecule has 0 bridgehead atoms. The number of thioether (sulfide) groups is 1. The Morgan fingerprint density at radius 1 is 1.27 bits per heavy atom. The molecule has 2 N–H and O–H groups in total. The van der Waals surface area contributed by atoms with Crippen LogP contribution in [-0.4, -0.2) is 69.4 Å². The molecule has 0 aliphatic carbocycles. The summed E-state index contributed by atoms with van der Waals surface area (Å²) in [7, 11) is 0. The SMILES string of the molecule is O=C(NCCSc1ncn[nH]1)c1coc(CN2CCN(c3ccccc3F)CC2)n1. The van der Waals surface area contributed by atoms with Crippen LogP contribution < -0.4 is 10.2 Å². The van der Waals surface area contributed by atoms with Crippen molar-refractivity contribution in [2.24, 2.45) is 0 Å². The lowest BCUT2D eigenvalue weighted by molar-refractivity contribution is 0.0951. The van der Waals surface area contributed by atoms with E-state index < -0.39 is 0 Å². The van der Waals surface area contributed by atoms with Gasteiger partial charge >= 0.3 is 0 Å². The topological polar surface area (TPSA) is 103 Å². The molecule has 1 saturated heterocycles. The second kappa shape index (κ2) is 9.72. The highest BCUT2D eigenvalue weighted by atomic mass is 32.2. The van der Waals surface area contributed by atoms with Crippen molar-refractivity contribution in [1.82, 2.24) is 30.4 Å². The van der Waals surface area contributed by atoms with Crippen molar-refractivity contribution in [3.63, 3.8) is 0 Å². The Kier molecular flexibility index (Phi) is 6.60. The molecule has 30 heavy (non-hydrogen) atoms. The number of hydrogen-bond acceptors (Lipinski definition) is 8. The fourth-order valence-electron chi connectivity index (χ4n) is 3.20. The van der Waals surface area contributed by atoms with Crippen molar-refractivity contribution in [2.45, 2.75) is 11.7 Å². The van der Waals surface area contributed by atoms with E-state index in [1.54, 1.807) is 12.1 Å². The Balaban J connectivity index is 1.21. The number of para-hydroxylation sites is 1. The summed E-state index contributed by atoms with van der Waals surface area (Å²) in [6, 6.07) is 6.82. The normalized spacial score (nSPS) is 14.8. The number of benzene rings is 1. The zero-order valence-corrected chi connectivity index (χ0v) is 17.1. The van der Waals surface area contributed by atoms with Gasteiger partial charge in [-0.25, -0.2) is 14.4 Å². The Bertz CT molecular complexity index is 957. The fraction of sp³-hybridized carbons (Fsp3) is 0.368. The van der Waals surface area contributed by atoms with Crippen LogP contribution in [-0.2, 0) is 6.54 Å². The number of amides is 1. The highest BCUT2D eigenvalue weighted by Gasteiger charge is 2.21. The van der Waals surface area contributed by atoms with E-state index in [2.05, 4.69) is 30.4 Å². The molecule has 1 aromatic carbocycles. The standard InChI is InChI=1S/C19H22FN7O2S/c20-14-3-1-2-4-16(14)27-8-6-26(7-9-27)11-17-24-15(12-29-17)18(28)21-5-10-30-19-22-13-23-25-19/h1-4,12-13H,5-11H2,(H,21,28)(H,22,23,25). The number of nitrogens with one attached hydrogen (secondary N) is 2. The van der Waals surface area contributed by atoms with Crippen molar-refractivity contribution in [1.29, 1.82) is 0 Å². The van der Waals surface area contributed by atoms with Crippen molar-refractivity contribution in [3.8, 4) is 0 Å². The molecule has 0 saturated carbocycles. The van der Waals surface area contributed by atoms with Gasteiger partial charge in [0.05, 0.1) is 12.2 Å². The molecule has 0 spiro atoms. The lowest BCUT2D eigenvalue weighted by atomic mass is 10.2. The number of carbonyl (C=O) groups excluding carboxylic acids is 1. The van der Waals surface area contributed by atoms with Crippen LogP contribution in [0.25, 0.3) is 0 Å². The molecule has 3 aromatic rings. The molecule has 3 heterocycles. The number of hydrogen-bond donors (Lipinski definition) is 2. The first-order valence-corrected chi connectivity index (χ1v) is 10.6. The van der Waals surface area contributed by atoms with Gasteiger partial charge in [-0.2, -0.15) is 5.10 Å². The molecule has 1 amide bonds. The maximum Gasteiger partial charge on any atom is 0.273 e. The molecular formula is C19H22FN7O2S. The first kappa shape index (κ1) is 20.4. The quantitative estimate of drug-likeness (QED) is 0.411. The van der Waals surface area contributed by atoms with Crippen LogP contribution in [0.15, 0.2) is 46.4 Å². The van der Waals surface area contributed by atoms with Crippen LogP contribution in [0.3, 0.4) is 0 Å². The van der Waals surface area contributed by atoms with Crippen molar-refractivity contribution >= 4 is 23.4 Å². The molecule has 11 heteroatoms. The van der Waals surface area contributed by atoms with Gasteiger partial charge in [-0.3, -0.25) is 14.8 Å². The van der Waals surface area contributed by atoms with E-state index >= 15 is 0 Å². The third-order valence-corrected chi connectivity index (χ3v) is 5.61. The third kappa shape index (κ3) is 5.16. The largest absolute Gasteiger partial charge is 0.447 e. The average Bonchev–Trinajstić information content (AvgIpc) is 3.44. The monoisotopic (exact) mass is 431 g/mol. The summed E-state index contributed by atoms with van der Waals surface area (Å²) in [4.78, 5) is 24.7. The summed E-state index contributed by atoms with van der Waals surface area (Å²) in [6.07, 6.45) is 2.82. The van der Waals surface area contributed by atoms with E-state index in [4.69, 9.17) is 4.42 Å². The lowest BCUT2D eigenvalue weighted by Crippen LogP contribution is -2.46. The number of piperazine rings is 1. The lowest BCUT2D eigenvalue weighted by Gasteiger charge is -2.35. The highest BCUT2D eigenvalue weighted by Crippen LogP contribution is 2.20. The Hall–Kier alpha value is -2.92. The van der Waals surface area contributed by atoms with Crippen molar-refractivity contribution < 1.29 is 13.6 Å². The summed E-state index contributed by atoms with van der Waals surface area (Å²) in [5, 5.41) is 10.0. The van der Waals surface area contributed by atoms with Gasteiger partial charge < -0.3 is 14.6 Å². The fourth-order valence-corrected chi connectivity index (χ4v) is 3.84. The van der Waals surface area contributed by atoms with Crippen LogP contribution in [0.5, 0.6) is 0 Å². The van der Waals surface area contributed by atoms with Gasteiger partial charge in [-0.05, 0) is 12.1 Å². The molecule has 9 nitrogen and oxygen atoms in total. The first-order chi connectivity index (χ1) is 14.7. The summed E-state index contributed by atoms with van der Waals surface area (Å²) in [6.45, 7) is 3.95. The van der Waals surface area contributed by atoms with Crippen LogP contribution in [0.2, 0.25) is 0 Å². The first-order valence-electron chi connectivity index (χ1n) is 9.61. The summed E-state index contributed by atoms with van der Waals surface area (Å²) < 4.78 is 19.4. The average molecular weight is 431 g/mol. The van der Waals surface area contributed by atoms with E-state index in [0.29, 0.717) is 35.6 Å². The predicted molar refractivity (Wildman–Crippen MR) is 110 cm³/mol. The molecule has 0 atom stereocenters. The summed E-state index contributed by atoms with van der Waals surface area (Å²) in [5.41, 5.74) is 0.897. The van der Waals surface area contributed by atoms with Gasteiger partial charge in [0.15, 0.2) is 10.9 Å². The second-order valence-electron chi connectivity index (χ2n) is 6.74. The Labute approximate surface area is 177 Å². The third-order valence-electron chi connectivity index (χ3n) is 4.73. The van der Waals surface area contributed by atoms with Gasteiger partial charge in [0, 0.05) is 38.5 Å².